The molecule has 0 N–H and O–H groups in total. The van der Waals surface area contributed by atoms with Gasteiger partial charge in [0, 0.05) is 32.3 Å². The van der Waals surface area contributed by atoms with E-state index in [4.69, 9.17) is 14.2 Å². The second-order valence-electron chi connectivity index (χ2n) is 6.50. The van der Waals surface area contributed by atoms with E-state index in [1.807, 2.05) is 36.4 Å². The van der Waals surface area contributed by atoms with E-state index in [9.17, 15) is 4.79 Å². The van der Waals surface area contributed by atoms with Crippen LogP contribution in [0.15, 0.2) is 72.9 Å². The molecule has 6 heteroatoms. The SMILES string of the molecule is COc1cc2nccc(Oc3ccc(C(=O)c4ccc(I)cc4)cc3)c2cc1OC. The molecule has 0 aliphatic carbocycles. The van der Waals surface area contributed by atoms with E-state index in [0.29, 0.717) is 34.1 Å². The van der Waals surface area contributed by atoms with Gasteiger partial charge in [-0.1, -0.05) is 0 Å². The van der Waals surface area contributed by atoms with E-state index < -0.39 is 0 Å². The smallest absolute Gasteiger partial charge is 0.193 e. The summed E-state index contributed by atoms with van der Waals surface area (Å²) in [7, 11) is 3.17. The van der Waals surface area contributed by atoms with Crippen molar-refractivity contribution in [1.29, 1.82) is 0 Å². The summed E-state index contributed by atoms with van der Waals surface area (Å²) in [5.41, 5.74) is 2.00. The van der Waals surface area contributed by atoms with E-state index >= 15 is 0 Å². The fourth-order valence-corrected chi connectivity index (χ4v) is 3.47. The van der Waals surface area contributed by atoms with Crippen molar-refractivity contribution in [3.05, 3.63) is 87.6 Å². The second kappa shape index (κ2) is 8.71. The maximum absolute atomic E-state index is 12.7. The third kappa shape index (κ3) is 4.09. The van der Waals surface area contributed by atoms with Crippen LogP contribution in [-0.2, 0) is 0 Å². The molecule has 0 saturated carbocycles. The first-order valence-electron chi connectivity index (χ1n) is 9.18. The summed E-state index contributed by atoms with van der Waals surface area (Å²) in [5.74, 6) is 2.44. The van der Waals surface area contributed by atoms with Crippen molar-refractivity contribution >= 4 is 39.3 Å². The summed E-state index contributed by atoms with van der Waals surface area (Å²) < 4.78 is 17.9. The van der Waals surface area contributed by atoms with Crippen LogP contribution >= 0.6 is 22.6 Å². The lowest BCUT2D eigenvalue weighted by molar-refractivity contribution is 0.103. The molecule has 0 aliphatic rings. The van der Waals surface area contributed by atoms with E-state index in [-0.39, 0.29) is 5.78 Å². The highest BCUT2D eigenvalue weighted by molar-refractivity contribution is 14.1. The minimum absolute atomic E-state index is 0.0239. The van der Waals surface area contributed by atoms with Crippen molar-refractivity contribution in [2.45, 2.75) is 0 Å². The van der Waals surface area contributed by atoms with Crippen LogP contribution in [0.25, 0.3) is 10.9 Å². The van der Waals surface area contributed by atoms with Gasteiger partial charge >= 0.3 is 0 Å². The summed E-state index contributed by atoms with van der Waals surface area (Å²) in [6.07, 6.45) is 1.68. The molecule has 0 radical (unpaired) electrons. The van der Waals surface area contributed by atoms with E-state index in [1.54, 1.807) is 50.7 Å². The Labute approximate surface area is 187 Å². The maximum Gasteiger partial charge on any atom is 0.193 e. The monoisotopic (exact) mass is 511 g/mol. The number of rotatable bonds is 6. The Morgan fingerprint density at radius 3 is 2.03 bits per heavy atom. The van der Waals surface area contributed by atoms with Crippen LogP contribution in [0, 0.1) is 3.57 Å². The molecule has 4 aromatic rings. The van der Waals surface area contributed by atoms with Crippen LogP contribution in [0.4, 0.5) is 0 Å². The number of nitrogens with zero attached hydrogens (tertiary/aromatic N) is 1. The number of benzene rings is 3. The zero-order chi connectivity index (χ0) is 21.1. The molecule has 0 bridgehead atoms. The Bertz CT molecular complexity index is 1200. The normalized spacial score (nSPS) is 10.6. The van der Waals surface area contributed by atoms with Gasteiger partial charge in [-0.2, -0.15) is 0 Å². The predicted octanol–water partition coefficient (Wildman–Crippen LogP) is 5.88. The lowest BCUT2D eigenvalue weighted by atomic mass is 10.0. The van der Waals surface area contributed by atoms with Crippen LogP contribution in [0.2, 0.25) is 0 Å². The van der Waals surface area contributed by atoms with Crippen LogP contribution in [-0.4, -0.2) is 25.0 Å². The average molecular weight is 511 g/mol. The Balaban J connectivity index is 1.61. The van der Waals surface area contributed by atoms with Gasteiger partial charge in [-0.15, -0.1) is 0 Å². The number of halogens is 1. The average Bonchev–Trinajstić information content (AvgIpc) is 2.79. The van der Waals surface area contributed by atoms with Crippen molar-refractivity contribution in [3.63, 3.8) is 0 Å². The molecule has 0 spiro atoms. The van der Waals surface area contributed by atoms with Crippen LogP contribution in [0.5, 0.6) is 23.0 Å². The molecule has 4 rings (SSSR count). The first-order chi connectivity index (χ1) is 14.6. The number of hydrogen-bond acceptors (Lipinski definition) is 5. The van der Waals surface area contributed by atoms with Gasteiger partial charge in [-0.3, -0.25) is 9.78 Å². The van der Waals surface area contributed by atoms with Gasteiger partial charge in [-0.05, 0) is 83.3 Å². The number of hydrogen-bond donors (Lipinski definition) is 0. The number of carbonyl (C=O) groups is 1. The minimum Gasteiger partial charge on any atom is -0.493 e. The summed E-state index contributed by atoms with van der Waals surface area (Å²) >= 11 is 2.22. The highest BCUT2D eigenvalue weighted by atomic mass is 127. The zero-order valence-corrected chi connectivity index (χ0v) is 18.5. The number of aromatic nitrogens is 1. The van der Waals surface area contributed by atoms with E-state index in [2.05, 4.69) is 27.6 Å². The van der Waals surface area contributed by atoms with E-state index in [0.717, 1.165) is 14.5 Å². The molecule has 5 nitrogen and oxygen atoms in total. The highest BCUT2D eigenvalue weighted by Gasteiger charge is 2.12. The molecule has 0 unspecified atom stereocenters. The van der Waals surface area contributed by atoms with Crippen LogP contribution in [0.1, 0.15) is 15.9 Å². The van der Waals surface area contributed by atoms with Gasteiger partial charge in [0.25, 0.3) is 0 Å². The molecular weight excluding hydrogens is 493 g/mol. The van der Waals surface area contributed by atoms with Crippen LogP contribution in [0.3, 0.4) is 0 Å². The Kier molecular flexibility index (Phi) is 5.85. The quantitative estimate of drug-likeness (QED) is 0.239. The van der Waals surface area contributed by atoms with Crippen molar-refractivity contribution in [2.75, 3.05) is 14.2 Å². The number of pyridine rings is 1. The molecule has 150 valence electrons. The van der Waals surface area contributed by atoms with E-state index in [1.165, 1.54) is 0 Å². The van der Waals surface area contributed by atoms with Crippen LogP contribution < -0.4 is 14.2 Å². The molecular formula is C24H18INO4. The lowest BCUT2D eigenvalue weighted by Crippen LogP contribution is -2.01. The molecule has 30 heavy (non-hydrogen) atoms. The molecule has 0 atom stereocenters. The first-order valence-corrected chi connectivity index (χ1v) is 10.3. The summed E-state index contributed by atoms with van der Waals surface area (Å²) in [4.78, 5) is 17.0. The second-order valence-corrected chi connectivity index (χ2v) is 7.74. The third-order valence-electron chi connectivity index (χ3n) is 4.66. The van der Waals surface area contributed by atoms with Crippen molar-refractivity contribution in [3.8, 4) is 23.0 Å². The Hall–Kier alpha value is -3.13. The molecule has 0 amide bonds. The predicted molar refractivity (Wildman–Crippen MR) is 124 cm³/mol. The van der Waals surface area contributed by atoms with Crippen molar-refractivity contribution in [2.24, 2.45) is 0 Å². The van der Waals surface area contributed by atoms with Crippen molar-refractivity contribution < 1.29 is 19.0 Å². The third-order valence-corrected chi connectivity index (χ3v) is 5.38. The summed E-state index contributed by atoms with van der Waals surface area (Å²) in [5, 5.41) is 0.800. The first kappa shape index (κ1) is 20.2. The largest absolute Gasteiger partial charge is 0.493 e. The van der Waals surface area contributed by atoms with Crippen molar-refractivity contribution in [1.82, 2.24) is 4.98 Å². The fraction of sp³-hybridized carbons (Fsp3) is 0.0833. The standard InChI is InChI=1S/C24H18INO4/c1-28-22-13-19-20(14-23(22)29-2)26-12-11-21(19)30-18-9-5-16(6-10-18)24(27)15-3-7-17(25)8-4-15/h3-14H,1-2H3. The number of methoxy groups -OCH3 is 2. The molecule has 0 fully saturated rings. The molecule has 0 aliphatic heterocycles. The zero-order valence-electron chi connectivity index (χ0n) is 16.4. The van der Waals surface area contributed by atoms with Gasteiger partial charge in [0.1, 0.15) is 11.5 Å². The molecule has 1 aromatic heterocycles. The maximum atomic E-state index is 12.7. The van der Waals surface area contributed by atoms with Gasteiger partial charge in [0.2, 0.25) is 0 Å². The lowest BCUT2D eigenvalue weighted by Gasteiger charge is -2.12. The highest BCUT2D eigenvalue weighted by Crippen LogP contribution is 2.36. The fourth-order valence-electron chi connectivity index (χ4n) is 3.11. The summed E-state index contributed by atoms with van der Waals surface area (Å²) in [6.45, 7) is 0. The molecule has 3 aromatic carbocycles. The molecule has 1 heterocycles. The number of carbonyl (C=O) groups excluding carboxylic acids is 1. The number of fused-ring (bicyclic) bond motifs is 1. The van der Waals surface area contributed by atoms with Gasteiger partial charge in [-0.25, -0.2) is 0 Å². The number of ketones is 1. The topological polar surface area (TPSA) is 57.7 Å². The minimum atomic E-state index is -0.0239. The van der Waals surface area contributed by atoms with Gasteiger partial charge < -0.3 is 14.2 Å². The van der Waals surface area contributed by atoms with Gasteiger partial charge in [0.15, 0.2) is 17.3 Å². The Morgan fingerprint density at radius 2 is 1.40 bits per heavy atom. The Morgan fingerprint density at radius 1 is 0.800 bits per heavy atom. The summed E-state index contributed by atoms with van der Waals surface area (Å²) in [6, 6.07) is 20.0. The number of ether oxygens (including phenoxy) is 3. The molecule has 0 saturated heterocycles. The van der Waals surface area contributed by atoms with Gasteiger partial charge in [0.05, 0.1) is 19.7 Å².